The van der Waals surface area contributed by atoms with Gasteiger partial charge in [0, 0.05) is 17.6 Å². The monoisotopic (exact) mass is 338 g/mol. The molecule has 1 atom stereocenters. The minimum atomic E-state index is -0.903. The average Bonchev–Trinajstić information content (AvgIpc) is 2.54. The quantitative estimate of drug-likeness (QED) is 0.845. The van der Waals surface area contributed by atoms with Crippen LogP contribution in [0.4, 0.5) is 8.78 Å². The van der Waals surface area contributed by atoms with E-state index < -0.39 is 11.6 Å². The molecule has 0 heterocycles. The van der Waals surface area contributed by atoms with Gasteiger partial charge in [0.2, 0.25) is 5.91 Å². The van der Waals surface area contributed by atoms with Crippen molar-refractivity contribution in [3.63, 3.8) is 0 Å². The molecule has 2 N–H and O–H groups in total. The summed E-state index contributed by atoms with van der Waals surface area (Å²) in [6.07, 6.45) is 0. The van der Waals surface area contributed by atoms with Gasteiger partial charge >= 0.3 is 0 Å². The number of benzene rings is 2. The molecule has 6 heteroatoms. The molecule has 3 nitrogen and oxygen atoms in total. The molecule has 0 radical (unpaired) electrons. The molecule has 23 heavy (non-hydrogen) atoms. The van der Waals surface area contributed by atoms with E-state index >= 15 is 0 Å². The van der Waals surface area contributed by atoms with Crippen molar-refractivity contribution in [2.24, 2.45) is 0 Å². The molecule has 0 aromatic heterocycles. The van der Waals surface area contributed by atoms with Crippen molar-refractivity contribution in [3.8, 4) is 0 Å². The van der Waals surface area contributed by atoms with E-state index in [4.69, 9.17) is 11.6 Å². The van der Waals surface area contributed by atoms with Crippen LogP contribution in [-0.2, 0) is 11.3 Å². The molecule has 0 saturated heterocycles. The van der Waals surface area contributed by atoms with Crippen molar-refractivity contribution >= 4 is 17.5 Å². The van der Waals surface area contributed by atoms with Gasteiger partial charge in [0.25, 0.3) is 0 Å². The van der Waals surface area contributed by atoms with E-state index in [0.29, 0.717) is 17.1 Å². The van der Waals surface area contributed by atoms with E-state index in [1.165, 1.54) is 6.07 Å². The van der Waals surface area contributed by atoms with Gasteiger partial charge in [-0.3, -0.25) is 4.79 Å². The molecule has 0 aliphatic rings. The van der Waals surface area contributed by atoms with E-state index in [1.54, 1.807) is 13.0 Å². The van der Waals surface area contributed by atoms with Crippen LogP contribution in [0.2, 0.25) is 5.02 Å². The Morgan fingerprint density at radius 2 is 1.91 bits per heavy atom. The number of amides is 1. The third-order valence-corrected chi connectivity index (χ3v) is 3.82. The van der Waals surface area contributed by atoms with Gasteiger partial charge in [-0.15, -0.1) is 0 Å². The first-order valence-corrected chi connectivity index (χ1v) is 7.53. The van der Waals surface area contributed by atoms with Gasteiger partial charge < -0.3 is 10.6 Å². The highest BCUT2D eigenvalue weighted by Crippen LogP contribution is 2.16. The summed E-state index contributed by atoms with van der Waals surface area (Å²) in [7, 11) is 0. The Labute approximate surface area is 138 Å². The lowest BCUT2D eigenvalue weighted by Gasteiger charge is -2.14. The number of hydrogen-bond donors (Lipinski definition) is 2. The highest BCUT2D eigenvalue weighted by molar-refractivity contribution is 6.31. The molecule has 1 amide bonds. The summed E-state index contributed by atoms with van der Waals surface area (Å²) in [6.45, 7) is 2.17. The van der Waals surface area contributed by atoms with Crippen molar-refractivity contribution in [2.75, 3.05) is 6.54 Å². The lowest BCUT2D eigenvalue weighted by atomic mass is 10.1. The molecule has 0 aliphatic carbocycles. The fraction of sp³-hybridized carbons (Fsp3) is 0.235. The van der Waals surface area contributed by atoms with Gasteiger partial charge in [0.05, 0.1) is 6.54 Å². The summed E-state index contributed by atoms with van der Waals surface area (Å²) in [5.41, 5.74) is 1.40. The topological polar surface area (TPSA) is 41.1 Å². The third-order valence-electron chi connectivity index (χ3n) is 3.45. The van der Waals surface area contributed by atoms with Gasteiger partial charge in [-0.1, -0.05) is 35.9 Å². The molecule has 2 aromatic rings. The Morgan fingerprint density at radius 1 is 1.17 bits per heavy atom. The molecule has 0 fully saturated rings. The maximum absolute atomic E-state index is 13.2. The van der Waals surface area contributed by atoms with Crippen LogP contribution in [0, 0.1) is 11.6 Å². The van der Waals surface area contributed by atoms with E-state index in [2.05, 4.69) is 10.6 Å². The summed E-state index contributed by atoms with van der Waals surface area (Å²) in [5.74, 6) is -2.00. The van der Waals surface area contributed by atoms with Crippen LogP contribution in [-0.4, -0.2) is 12.5 Å². The summed E-state index contributed by atoms with van der Waals surface area (Å²) >= 11 is 6.01. The van der Waals surface area contributed by atoms with Gasteiger partial charge in [-0.2, -0.15) is 0 Å². The summed E-state index contributed by atoms with van der Waals surface area (Å²) in [4.78, 5) is 11.8. The van der Waals surface area contributed by atoms with Crippen LogP contribution >= 0.6 is 11.6 Å². The van der Waals surface area contributed by atoms with Crippen LogP contribution in [0.25, 0.3) is 0 Å². The number of carbonyl (C=O) groups excluding carboxylic acids is 1. The summed E-state index contributed by atoms with van der Waals surface area (Å²) in [6, 6.07) is 10.6. The van der Waals surface area contributed by atoms with Crippen LogP contribution in [0.5, 0.6) is 0 Å². The molecule has 0 unspecified atom stereocenters. The predicted octanol–water partition coefficient (Wildman–Crippen LogP) is 3.59. The van der Waals surface area contributed by atoms with Gasteiger partial charge in [0.15, 0.2) is 11.6 Å². The Morgan fingerprint density at radius 3 is 2.61 bits per heavy atom. The maximum atomic E-state index is 13.2. The lowest BCUT2D eigenvalue weighted by Crippen LogP contribution is -2.34. The molecule has 2 rings (SSSR count). The van der Waals surface area contributed by atoms with Crippen LogP contribution < -0.4 is 10.6 Å². The number of nitrogens with one attached hydrogen (secondary N) is 2. The fourth-order valence-corrected chi connectivity index (χ4v) is 2.25. The van der Waals surface area contributed by atoms with Crippen molar-refractivity contribution in [1.29, 1.82) is 0 Å². The Hall–Kier alpha value is -1.98. The second-order valence-corrected chi connectivity index (χ2v) is 5.55. The third kappa shape index (κ3) is 5.01. The van der Waals surface area contributed by atoms with Crippen LogP contribution in [0.1, 0.15) is 24.1 Å². The second-order valence-electron chi connectivity index (χ2n) is 5.14. The fourth-order valence-electron chi connectivity index (χ4n) is 2.04. The van der Waals surface area contributed by atoms with E-state index in [-0.39, 0.29) is 18.5 Å². The van der Waals surface area contributed by atoms with E-state index in [1.807, 2.05) is 18.2 Å². The molecular weight excluding hydrogens is 322 g/mol. The number of carbonyl (C=O) groups is 1. The summed E-state index contributed by atoms with van der Waals surface area (Å²) < 4.78 is 26.1. The summed E-state index contributed by atoms with van der Waals surface area (Å²) in [5, 5.41) is 6.30. The van der Waals surface area contributed by atoms with E-state index in [0.717, 1.165) is 17.7 Å². The minimum absolute atomic E-state index is 0.0601. The molecule has 0 spiro atoms. The SMILES string of the molecule is C[C@H](NCC(=O)NCc1ccccc1Cl)c1ccc(F)c(F)c1. The van der Waals surface area contributed by atoms with Crippen molar-refractivity contribution < 1.29 is 13.6 Å². The van der Waals surface area contributed by atoms with Crippen molar-refractivity contribution in [1.82, 2.24) is 10.6 Å². The van der Waals surface area contributed by atoms with Gasteiger partial charge in [-0.25, -0.2) is 8.78 Å². The highest BCUT2D eigenvalue weighted by Gasteiger charge is 2.10. The Balaban J connectivity index is 1.82. The number of hydrogen-bond acceptors (Lipinski definition) is 2. The standard InChI is InChI=1S/C17H17ClF2N2O/c1-11(12-6-7-15(19)16(20)8-12)21-10-17(23)22-9-13-4-2-3-5-14(13)18/h2-8,11,21H,9-10H2,1H3,(H,22,23)/t11-/m0/s1. The number of rotatable bonds is 6. The number of halogens is 3. The largest absolute Gasteiger partial charge is 0.351 e. The molecule has 0 bridgehead atoms. The highest BCUT2D eigenvalue weighted by atomic mass is 35.5. The Bertz CT molecular complexity index is 694. The zero-order valence-electron chi connectivity index (χ0n) is 12.6. The maximum Gasteiger partial charge on any atom is 0.234 e. The minimum Gasteiger partial charge on any atom is -0.351 e. The predicted molar refractivity (Wildman–Crippen MR) is 86.1 cm³/mol. The molecule has 0 aliphatic heterocycles. The first-order valence-electron chi connectivity index (χ1n) is 7.16. The zero-order valence-corrected chi connectivity index (χ0v) is 13.3. The molecule has 2 aromatic carbocycles. The zero-order chi connectivity index (χ0) is 16.8. The van der Waals surface area contributed by atoms with Gasteiger partial charge in [-0.05, 0) is 36.2 Å². The average molecular weight is 339 g/mol. The Kier molecular flexibility index (Phi) is 6.07. The van der Waals surface area contributed by atoms with Crippen molar-refractivity contribution in [2.45, 2.75) is 19.5 Å². The first-order chi connectivity index (χ1) is 11.0. The van der Waals surface area contributed by atoms with Crippen molar-refractivity contribution in [3.05, 3.63) is 70.2 Å². The second kappa shape index (κ2) is 8.04. The smallest absolute Gasteiger partial charge is 0.234 e. The molecule has 0 saturated carbocycles. The van der Waals surface area contributed by atoms with E-state index in [9.17, 15) is 13.6 Å². The van der Waals surface area contributed by atoms with Gasteiger partial charge in [0.1, 0.15) is 0 Å². The molecule has 122 valence electrons. The first kappa shape index (κ1) is 17.4. The molecular formula is C17H17ClF2N2O. The van der Waals surface area contributed by atoms with Crippen LogP contribution in [0.15, 0.2) is 42.5 Å². The lowest BCUT2D eigenvalue weighted by molar-refractivity contribution is -0.120. The van der Waals surface area contributed by atoms with Crippen LogP contribution in [0.3, 0.4) is 0 Å². The normalized spacial score (nSPS) is 12.0.